The van der Waals surface area contributed by atoms with Crippen LogP contribution in [-0.4, -0.2) is 22.2 Å². The Balaban J connectivity index is 0.000000192. The third-order valence-electron chi connectivity index (χ3n) is 2.89. The second kappa shape index (κ2) is 5.35. The van der Waals surface area contributed by atoms with Gasteiger partial charge in [0.05, 0.1) is 0 Å². The fourth-order valence-electron chi connectivity index (χ4n) is 2.08. The van der Waals surface area contributed by atoms with Crippen molar-refractivity contribution in [2.24, 2.45) is 0 Å². The van der Waals surface area contributed by atoms with Gasteiger partial charge in [0.1, 0.15) is 0 Å². The normalized spacial score (nSPS) is 10.7. The molecule has 0 unspecified atom stereocenters. The highest BCUT2D eigenvalue weighted by molar-refractivity contribution is 6.27. The SMILES string of the molecule is O=C(O)C(=O)O.c1ccc2c(c1)Cc1ccccc1-2. The van der Waals surface area contributed by atoms with Crippen LogP contribution < -0.4 is 0 Å². The van der Waals surface area contributed by atoms with Gasteiger partial charge in [0.2, 0.25) is 0 Å². The molecule has 0 aliphatic heterocycles. The number of carboxylic acids is 2. The molecule has 0 saturated carbocycles. The van der Waals surface area contributed by atoms with Gasteiger partial charge in [0, 0.05) is 0 Å². The molecule has 19 heavy (non-hydrogen) atoms. The zero-order valence-corrected chi connectivity index (χ0v) is 10.0. The third kappa shape index (κ3) is 2.80. The molecule has 4 nitrogen and oxygen atoms in total. The Morgan fingerprint density at radius 1 is 0.737 bits per heavy atom. The lowest BCUT2D eigenvalue weighted by Crippen LogP contribution is -2.09. The highest BCUT2D eigenvalue weighted by Crippen LogP contribution is 2.35. The van der Waals surface area contributed by atoms with Crippen LogP contribution in [0.3, 0.4) is 0 Å². The molecule has 0 amide bonds. The molecule has 4 heteroatoms. The van der Waals surface area contributed by atoms with E-state index in [4.69, 9.17) is 19.8 Å². The Bertz CT molecular complexity index is 576. The van der Waals surface area contributed by atoms with Crippen LogP contribution in [-0.2, 0) is 16.0 Å². The molecule has 0 spiro atoms. The first-order chi connectivity index (χ1) is 9.09. The topological polar surface area (TPSA) is 74.6 Å². The van der Waals surface area contributed by atoms with Crippen LogP contribution in [0.15, 0.2) is 48.5 Å². The zero-order valence-electron chi connectivity index (χ0n) is 10.0. The zero-order chi connectivity index (χ0) is 13.8. The van der Waals surface area contributed by atoms with Gasteiger partial charge < -0.3 is 10.2 Å². The molecule has 0 saturated heterocycles. The molecule has 0 radical (unpaired) electrons. The summed E-state index contributed by atoms with van der Waals surface area (Å²) < 4.78 is 0. The van der Waals surface area contributed by atoms with E-state index in [9.17, 15) is 0 Å². The molecule has 2 N–H and O–H groups in total. The lowest BCUT2D eigenvalue weighted by atomic mass is 10.1. The minimum Gasteiger partial charge on any atom is -0.473 e. The van der Waals surface area contributed by atoms with Gasteiger partial charge in [0.25, 0.3) is 0 Å². The van der Waals surface area contributed by atoms with E-state index in [1.807, 2.05) is 0 Å². The fraction of sp³-hybridized carbons (Fsp3) is 0.0667. The largest absolute Gasteiger partial charge is 0.473 e. The van der Waals surface area contributed by atoms with Crippen molar-refractivity contribution in [2.75, 3.05) is 0 Å². The summed E-state index contributed by atoms with van der Waals surface area (Å²) >= 11 is 0. The highest BCUT2D eigenvalue weighted by Gasteiger charge is 2.15. The Morgan fingerprint density at radius 3 is 1.47 bits per heavy atom. The lowest BCUT2D eigenvalue weighted by molar-refractivity contribution is -0.159. The van der Waals surface area contributed by atoms with Crippen LogP contribution in [0.1, 0.15) is 11.1 Å². The van der Waals surface area contributed by atoms with Gasteiger partial charge in [-0.25, -0.2) is 9.59 Å². The van der Waals surface area contributed by atoms with Crippen molar-refractivity contribution >= 4 is 11.9 Å². The molecule has 0 fully saturated rings. The molecule has 2 aromatic carbocycles. The Labute approximate surface area is 109 Å². The van der Waals surface area contributed by atoms with E-state index in [-0.39, 0.29) is 0 Å². The third-order valence-corrected chi connectivity index (χ3v) is 2.89. The summed E-state index contributed by atoms with van der Waals surface area (Å²) in [5.74, 6) is -3.65. The van der Waals surface area contributed by atoms with Gasteiger partial charge in [-0.15, -0.1) is 0 Å². The summed E-state index contributed by atoms with van der Waals surface area (Å²) in [5, 5.41) is 14.8. The number of carboxylic acid groups (broad SMARTS) is 2. The predicted octanol–water partition coefficient (Wildman–Crippen LogP) is 2.41. The van der Waals surface area contributed by atoms with Crippen molar-refractivity contribution in [1.82, 2.24) is 0 Å². The van der Waals surface area contributed by atoms with E-state index in [1.165, 1.54) is 22.3 Å². The quantitative estimate of drug-likeness (QED) is 0.606. The first-order valence-electron chi connectivity index (χ1n) is 5.72. The molecule has 3 rings (SSSR count). The van der Waals surface area contributed by atoms with Gasteiger partial charge in [-0.3, -0.25) is 0 Å². The summed E-state index contributed by atoms with van der Waals surface area (Å²) in [7, 11) is 0. The molecular weight excluding hydrogens is 244 g/mol. The van der Waals surface area contributed by atoms with E-state index < -0.39 is 11.9 Å². The van der Waals surface area contributed by atoms with Crippen molar-refractivity contribution in [1.29, 1.82) is 0 Å². The minimum absolute atomic E-state index is 1.10. The number of hydrogen-bond donors (Lipinski definition) is 2. The number of benzene rings is 2. The highest BCUT2D eigenvalue weighted by atomic mass is 16.4. The van der Waals surface area contributed by atoms with Gasteiger partial charge in [-0.2, -0.15) is 0 Å². The Morgan fingerprint density at radius 2 is 1.11 bits per heavy atom. The molecule has 96 valence electrons. The van der Waals surface area contributed by atoms with Crippen molar-refractivity contribution in [3.05, 3.63) is 59.7 Å². The molecule has 0 atom stereocenters. The van der Waals surface area contributed by atoms with Crippen LogP contribution in [0.25, 0.3) is 11.1 Å². The molecule has 0 heterocycles. The van der Waals surface area contributed by atoms with E-state index in [0.717, 1.165) is 6.42 Å². The van der Waals surface area contributed by atoms with E-state index in [2.05, 4.69) is 48.5 Å². The first-order valence-corrected chi connectivity index (χ1v) is 5.72. The van der Waals surface area contributed by atoms with Crippen LogP contribution in [0.2, 0.25) is 0 Å². The Kier molecular flexibility index (Phi) is 3.61. The Hall–Kier alpha value is -2.62. The van der Waals surface area contributed by atoms with Crippen LogP contribution in [0.5, 0.6) is 0 Å². The maximum Gasteiger partial charge on any atom is 0.414 e. The number of fused-ring (bicyclic) bond motifs is 3. The van der Waals surface area contributed by atoms with Crippen molar-refractivity contribution < 1.29 is 19.8 Å². The molecule has 0 aromatic heterocycles. The predicted molar refractivity (Wildman–Crippen MR) is 70.0 cm³/mol. The van der Waals surface area contributed by atoms with Crippen LogP contribution in [0.4, 0.5) is 0 Å². The second-order valence-corrected chi connectivity index (χ2v) is 4.10. The molecule has 0 bridgehead atoms. The standard InChI is InChI=1S/C13H10.C2H2O4/c1-3-7-12-10(5-1)9-11-6-2-4-8-13(11)12;3-1(4)2(5)6/h1-8H,9H2;(H,3,4)(H,5,6). The first kappa shape index (κ1) is 12.8. The molecule has 2 aromatic rings. The molecule has 1 aliphatic rings. The maximum atomic E-state index is 9.10. The number of hydrogen-bond acceptors (Lipinski definition) is 2. The lowest BCUT2D eigenvalue weighted by Gasteiger charge is -1.98. The van der Waals surface area contributed by atoms with E-state index in [0.29, 0.717) is 0 Å². The van der Waals surface area contributed by atoms with E-state index >= 15 is 0 Å². The van der Waals surface area contributed by atoms with Crippen LogP contribution in [0, 0.1) is 0 Å². The molecular formula is C15H12O4. The fourth-order valence-corrected chi connectivity index (χ4v) is 2.08. The maximum absolute atomic E-state index is 9.10. The average molecular weight is 256 g/mol. The summed E-state index contributed by atoms with van der Waals surface area (Å²) in [6.07, 6.45) is 1.10. The second-order valence-electron chi connectivity index (χ2n) is 4.10. The number of carbonyl (C=O) groups is 2. The minimum atomic E-state index is -1.82. The van der Waals surface area contributed by atoms with E-state index in [1.54, 1.807) is 0 Å². The van der Waals surface area contributed by atoms with Gasteiger partial charge >= 0.3 is 11.9 Å². The average Bonchev–Trinajstić information content (AvgIpc) is 2.78. The molecule has 1 aliphatic carbocycles. The smallest absolute Gasteiger partial charge is 0.414 e. The summed E-state index contributed by atoms with van der Waals surface area (Å²) in [6.45, 7) is 0. The summed E-state index contributed by atoms with van der Waals surface area (Å²) in [6, 6.07) is 17.3. The monoisotopic (exact) mass is 256 g/mol. The number of rotatable bonds is 0. The van der Waals surface area contributed by atoms with Crippen LogP contribution >= 0.6 is 0 Å². The van der Waals surface area contributed by atoms with Gasteiger partial charge in [-0.05, 0) is 28.7 Å². The summed E-state index contributed by atoms with van der Waals surface area (Å²) in [4.78, 5) is 18.2. The van der Waals surface area contributed by atoms with Gasteiger partial charge in [-0.1, -0.05) is 48.5 Å². The van der Waals surface area contributed by atoms with Gasteiger partial charge in [0.15, 0.2) is 0 Å². The van der Waals surface area contributed by atoms with Crippen molar-refractivity contribution in [3.63, 3.8) is 0 Å². The summed E-state index contributed by atoms with van der Waals surface area (Å²) in [5.41, 5.74) is 5.75. The van der Waals surface area contributed by atoms with Crippen molar-refractivity contribution in [3.8, 4) is 11.1 Å². The number of aliphatic carboxylic acids is 2. The van der Waals surface area contributed by atoms with Crippen molar-refractivity contribution in [2.45, 2.75) is 6.42 Å².